The van der Waals surface area contributed by atoms with Gasteiger partial charge in [0.15, 0.2) is 11.5 Å². The number of nitrogens with two attached hydrogens (primary N) is 1. The van der Waals surface area contributed by atoms with Gasteiger partial charge in [0.2, 0.25) is 0 Å². The van der Waals surface area contributed by atoms with E-state index in [1.807, 2.05) is 0 Å². The zero-order valence-corrected chi connectivity index (χ0v) is 10.4. The number of nitrogens with zero attached hydrogens (tertiary/aromatic N) is 4. The van der Waals surface area contributed by atoms with Gasteiger partial charge >= 0.3 is 0 Å². The fraction of sp³-hybridized carbons (Fsp3) is 0.500. The zero-order valence-electron chi connectivity index (χ0n) is 9.47. The molecule has 96 valence electrons. The fourth-order valence-corrected chi connectivity index (χ4v) is 2.48. The molecular weight excluding hydrogens is 254 g/mol. The summed E-state index contributed by atoms with van der Waals surface area (Å²) in [7, 11) is 0. The Hall–Kier alpha value is -1.38. The van der Waals surface area contributed by atoms with Crippen LogP contribution in [0.4, 0.5) is 5.82 Å². The van der Waals surface area contributed by atoms with Crippen LogP contribution < -0.4 is 5.73 Å². The van der Waals surface area contributed by atoms with Crippen LogP contribution in [0.1, 0.15) is 12.6 Å². The number of ether oxygens (including phenoxy) is 1. The van der Waals surface area contributed by atoms with Crippen molar-refractivity contribution in [3.63, 3.8) is 0 Å². The molecule has 18 heavy (non-hydrogen) atoms. The first kappa shape index (κ1) is 11.7. The molecule has 0 spiro atoms. The highest BCUT2D eigenvalue weighted by Crippen LogP contribution is 2.33. The molecule has 3 rings (SSSR count). The van der Waals surface area contributed by atoms with Gasteiger partial charge in [0.05, 0.1) is 19.0 Å². The van der Waals surface area contributed by atoms with E-state index in [-0.39, 0.29) is 24.2 Å². The van der Waals surface area contributed by atoms with E-state index in [9.17, 15) is 0 Å². The molecule has 3 heterocycles. The Bertz CT molecular complexity index is 574. The number of hydrogen-bond donors (Lipinski definition) is 3. The molecule has 0 aromatic carbocycles. The molecule has 2 aromatic heterocycles. The van der Waals surface area contributed by atoms with E-state index >= 15 is 0 Å². The van der Waals surface area contributed by atoms with Gasteiger partial charge in [-0.1, -0.05) is 0 Å². The third kappa shape index (κ3) is 1.73. The molecule has 3 N–H and O–H groups in total. The van der Waals surface area contributed by atoms with Crippen molar-refractivity contribution in [2.24, 2.45) is 0 Å². The maximum atomic E-state index is 9.16. The molecule has 1 aliphatic heterocycles. The smallest absolute Gasteiger partial charge is 0.167 e. The highest BCUT2D eigenvalue weighted by Gasteiger charge is 2.34. The summed E-state index contributed by atoms with van der Waals surface area (Å²) in [5.41, 5.74) is 6.92. The molecule has 0 aliphatic carbocycles. The summed E-state index contributed by atoms with van der Waals surface area (Å²) in [6, 6.07) is 0. The van der Waals surface area contributed by atoms with Crippen molar-refractivity contribution in [2.45, 2.75) is 24.0 Å². The van der Waals surface area contributed by atoms with Crippen molar-refractivity contribution in [1.29, 1.82) is 0 Å². The van der Waals surface area contributed by atoms with E-state index in [0.29, 0.717) is 23.4 Å². The fourth-order valence-electron chi connectivity index (χ4n) is 2.13. The van der Waals surface area contributed by atoms with Crippen molar-refractivity contribution >= 4 is 29.6 Å². The third-order valence-electron chi connectivity index (χ3n) is 3.08. The summed E-state index contributed by atoms with van der Waals surface area (Å²) >= 11 is 4.40. The first-order chi connectivity index (χ1) is 8.70. The van der Waals surface area contributed by atoms with Crippen LogP contribution in [0.3, 0.4) is 0 Å². The Kier molecular flexibility index (Phi) is 2.84. The van der Waals surface area contributed by atoms with Gasteiger partial charge < -0.3 is 15.6 Å². The summed E-state index contributed by atoms with van der Waals surface area (Å²) in [5.74, 6) is 0.345. The summed E-state index contributed by atoms with van der Waals surface area (Å²) in [4.78, 5) is 12.2. The van der Waals surface area contributed by atoms with Gasteiger partial charge in [-0.3, -0.25) is 4.57 Å². The van der Waals surface area contributed by atoms with Gasteiger partial charge in [0.25, 0.3) is 0 Å². The Balaban J connectivity index is 1.99. The predicted octanol–water partition coefficient (Wildman–Crippen LogP) is -0.0133. The van der Waals surface area contributed by atoms with Crippen molar-refractivity contribution in [2.75, 3.05) is 12.3 Å². The highest BCUT2D eigenvalue weighted by molar-refractivity contribution is 7.81. The largest absolute Gasteiger partial charge is 0.394 e. The molecule has 7 nitrogen and oxygen atoms in total. The van der Waals surface area contributed by atoms with E-state index in [1.54, 1.807) is 10.9 Å². The van der Waals surface area contributed by atoms with Crippen LogP contribution >= 0.6 is 12.6 Å². The minimum absolute atomic E-state index is 0.00312. The van der Waals surface area contributed by atoms with E-state index in [0.717, 1.165) is 0 Å². The molecule has 0 radical (unpaired) electrons. The van der Waals surface area contributed by atoms with Crippen LogP contribution in [0.2, 0.25) is 0 Å². The molecule has 2 aromatic rings. The molecular formula is C10H13N5O2S. The van der Waals surface area contributed by atoms with E-state index in [2.05, 4.69) is 27.6 Å². The number of fused-ring (bicyclic) bond motifs is 1. The minimum Gasteiger partial charge on any atom is -0.394 e. The minimum atomic E-state index is -0.269. The van der Waals surface area contributed by atoms with Crippen LogP contribution in [0.15, 0.2) is 12.7 Å². The Morgan fingerprint density at radius 2 is 2.33 bits per heavy atom. The van der Waals surface area contributed by atoms with Crippen LogP contribution in [0, 0.1) is 0 Å². The quantitative estimate of drug-likeness (QED) is 0.662. The topological polar surface area (TPSA) is 99.1 Å². The number of anilines is 1. The summed E-state index contributed by atoms with van der Waals surface area (Å²) < 4.78 is 7.51. The van der Waals surface area contributed by atoms with Crippen molar-refractivity contribution in [3.05, 3.63) is 12.7 Å². The first-order valence-electron chi connectivity index (χ1n) is 5.58. The van der Waals surface area contributed by atoms with Gasteiger partial charge in [-0.15, -0.1) is 0 Å². The molecule has 0 saturated carbocycles. The first-order valence-corrected chi connectivity index (χ1v) is 6.09. The van der Waals surface area contributed by atoms with E-state index in [1.165, 1.54) is 6.33 Å². The van der Waals surface area contributed by atoms with Crippen LogP contribution in [-0.4, -0.2) is 42.6 Å². The number of aromatic nitrogens is 4. The highest BCUT2D eigenvalue weighted by atomic mass is 32.1. The van der Waals surface area contributed by atoms with Crippen molar-refractivity contribution < 1.29 is 9.84 Å². The van der Waals surface area contributed by atoms with Crippen LogP contribution in [-0.2, 0) is 4.74 Å². The van der Waals surface area contributed by atoms with Crippen molar-refractivity contribution in [3.8, 4) is 0 Å². The van der Waals surface area contributed by atoms with Gasteiger partial charge in [0, 0.05) is 11.7 Å². The lowest BCUT2D eigenvalue weighted by molar-refractivity contribution is -0.0197. The second-order valence-corrected chi connectivity index (χ2v) is 4.86. The Morgan fingerprint density at radius 3 is 3.06 bits per heavy atom. The van der Waals surface area contributed by atoms with Gasteiger partial charge in [-0.2, -0.15) is 12.6 Å². The number of imidazole rings is 1. The van der Waals surface area contributed by atoms with Crippen LogP contribution in [0.25, 0.3) is 11.2 Å². The summed E-state index contributed by atoms with van der Waals surface area (Å²) in [6.07, 6.45) is 3.20. The number of aliphatic hydroxyl groups is 1. The second kappa shape index (κ2) is 4.38. The molecule has 1 saturated heterocycles. The summed E-state index contributed by atoms with van der Waals surface area (Å²) in [6.45, 7) is -0.0472. The maximum Gasteiger partial charge on any atom is 0.167 e. The van der Waals surface area contributed by atoms with E-state index in [4.69, 9.17) is 15.6 Å². The lowest BCUT2D eigenvalue weighted by Gasteiger charge is -2.13. The second-order valence-electron chi connectivity index (χ2n) is 4.20. The van der Waals surface area contributed by atoms with Gasteiger partial charge in [0.1, 0.15) is 18.1 Å². The number of nitrogen functional groups attached to an aromatic ring is 1. The molecule has 1 fully saturated rings. The average Bonchev–Trinajstić information content (AvgIpc) is 2.93. The van der Waals surface area contributed by atoms with E-state index < -0.39 is 0 Å². The number of aliphatic hydroxyl groups excluding tert-OH is 1. The molecule has 0 bridgehead atoms. The number of rotatable bonds is 2. The number of hydrogen-bond acceptors (Lipinski definition) is 7. The Morgan fingerprint density at radius 1 is 1.50 bits per heavy atom. The van der Waals surface area contributed by atoms with Crippen molar-refractivity contribution in [1.82, 2.24) is 19.5 Å². The standard InChI is InChI=1S/C10H13N5O2S/c11-9-8-10(13-3-12-9)15(4-14-8)7-1-6(18)5(2-16)17-7/h3-7,16,18H,1-2H2,(H2,11,12,13)/t5-,6+,7-/m1/s1. The molecule has 8 heteroatoms. The molecule has 1 aliphatic rings. The molecule has 0 amide bonds. The maximum absolute atomic E-state index is 9.16. The molecule has 3 atom stereocenters. The van der Waals surface area contributed by atoms with Crippen LogP contribution in [0.5, 0.6) is 0 Å². The average molecular weight is 267 g/mol. The SMILES string of the molecule is Nc1ncnc2c1ncn2[C@H]1C[C@H](S)[C@@H](CO)O1. The zero-order chi connectivity index (χ0) is 12.7. The van der Waals surface area contributed by atoms with Gasteiger partial charge in [-0.05, 0) is 0 Å². The Labute approximate surface area is 108 Å². The predicted molar refractivity (Wildman–Crippen MR) is 68.1 cm³/mol. The normalized spacial score (nSPS) is 28.0. The number of thiol groups is 1. The third-order valence-corrected chi connectivity index (χ3v) is 3.62. The lowest BCUT2D eigenvalue weighted by atomic mass is 10.2. The summed E-state index contributed by atoms with van der Waals surface area (Å²) in [5, 5.41) is 9.16. The van der Waals surface area contributed by atoms with Gasteiger partial charge in [-0.25, -0.2) is 15.0 Å². The monoisotopic (exact) mass is 267 g/mol. The molecule has 0 unspecified atom stereocenters. The lowest BCUT2D eigenvalue weighted by Crippen LogP contribution is -2.20.